The summed E-state index contributed by atoms with van der Waals surface area (Å²) in [7, 11) is 0. The molecular weight excluding hydrogens is 368 g/mol. The van der Waals surface area contributed by atoms with Gasteiger partial charge in [0.15, 0.2) is 0 Å². The third kappa shape index (κ3) is 4.17. The predicted octanol–water partition coefficient (Wildman–Crippen LogP) is 4.23. The summed E-state index contributed by atoms with van der Waals surface area (Å²) in [5.41, 5.74) is -0.304. The van der Waals surface area contributed by atoms with Crippen molar-refractivity contribution < 1.29 is 9.90 Å². The van der Waals surface area contributed by atoms with E-state index in [4.69, 9.17) is 0 Å². The molecule has 0 bridgehead atoms. The van der Waals surface area contributed by atoms with Crippen molar-refractivity contribution in [2.75, 3.05) is 13.1 Å². The summed E-state index contributed by atoms with van der Waals surface area (Å²) in [4.78, 5) is 16.7. The number of carbonyl (C=O) groups excluding carboxylic acids is 1. The summed E-state index contributed by atoms with van der Waals surface area (Å²) in [5, 5.41) is 16.5. The number of likely N-dealkylation sites (tertiary alicyclic amines) is 1. The summed E-state index contributed by atoms with van der Waals surface area (Å²) in [6, 6.07) is 13.2. The first kappa shape index (κ1) is 19.6. The smallest absolute Gasteiger partial charge is 0.251 e. The summed E-state index contributed by atoms with van der Waals surface area (Å²) in [5.74, 6) is 0.617. The highest BCUT2D eigenvalue weighted by Crippen LogP contribution is 2.40. The minimum Gasteiger partial charge on any atom is -0.388 e. The molecule has 1 aliphatic carbocycles. The number of benzene rings is 1. The van der Waals surface area contributed by atoms with Crippen LogP contribution in [0.4, 0.5) is 0 Å². The fraction of sp³-hybridized carbons (Fsp3) is 0.522. The summed E-state index contributed by atoms with van der Waals surface area (Å²) >= 11 is 1.71. The normalized spacial score (nSPS) is 29.1. The molecule has 3 unspecified atom stereocenters. The molecule has 1 aromatic carbocycles. The van der Waals surface area contributed by atoms with E-state index in [1.165, 1.54) is 30.6 Å². The second-order valence-corrected chi connectivity index (χ2v) is 9.51. The van der Waals surface area contributed by atoms with Gasteiger partial charge >= 0.3 is 0 Å². The van der Waals surface area contributed by atoms with Gasteiger partial charge in [0.05, 0.1) is 17.7 Å². The van der Waals surface area contributed by atoms with Crippen LogP contribution in [0.1, 0.15) is 60.3 Å². The molecule has 2 aliphatic rings. The van der Waals surface area contributed by atoms with Gasteiger partial charge in [-0.2, -0.15) is 0 Å². The van der Waals surface area contributed by atoms with Crippen molar-refractivity contribution in [3.8, 4) is 0 Å². The molecule has 1 aliphatic heterocycles. The van der Waals surface area contributed by atoms with Crippen LogP contribution in [0, 0.1) is 5.92 Å². The van der Waals surface area contributed by atoms with Gasteiger partial charge in [0, 0.05) is 23.5 Å². The molecule has 28 heavy (non-hydrogen) atoms. The number of aliphatic hydroxyl groups is 1. The van der Waals surface area contributed by atoms with Gasteiger partial charge in [-0.05, 0) is 55.7 Å². The SMILES string of the molecule is CC1(O)CCN(CC2CCCC2)C(c2cccs2)C1NC(=O)c1ccccc1. The van der Waals surface area contributed by atoms with Crippen LogP contribution in [-0.2, 0) is 0 Å². The molecule has 150 valence electrons. The molecule has 0 spiro atoms. The lowest BCUT2D eigenvalue weighted by atomic mass is 9.81. The van der Waals surface area contributed by atoms with Crippen LogP contribution in [-0.4, -0.2) is 40.6 Å². The summed E-state index contributed by atoms with van der Waals surface area (Å²) < 4.78 is 0. The quantitative estimate of drug-likeness (QED) is 0.792. The molecule has 1 aromatic heterocycles. The highest BCUT2D eigenvalue weighted by molar-refractivity contribution is 7.10. The van der Waals surface area contributed by atoms with Gasteiger partial charge in [-0.15, -0.1) is 11.3 Å². The zero-order chi connectivity index (χ0) is 19.6. The Hall–Kier alpha value is -1.69. The number of rotatable bonds is 5. The van der Waals surface area contributed by atoms with E-state index in [-0.39, 0.29) is 18.0 Å². The minimum absolute atomic E-state index is 0.0111. The molecule has 1 amide bonds. The number of amides is 1. The van der Waals surface area contributed by atoms with Crippen LogP contribution < -0.4 is 5.32 Å². The Morgan fingerprint density at radius 3 is 2.64 bits per heavy atom. The van der Waals surface area contributed by atoms with Crippen LogP contribution >= 0.6 is 11.3 Å². The maximum atomic E-state index is 12.9. The Bertz CT molecular complexity index is 769. The maximum Gasteiger partial charge on any atom is 0.251 e. The molecule has 2 fully saturated rings. The number of hydrogen-bond donors (Lipinski definition) is 2. The van der Waals surface area contributed by atoms with Gasteiger partial charge in [-0.1, -0.05) is 37.1 Å². The number of nitrogens with one attached hydrogen (secondary N) is 1. The first-order chi connectivity index (χ1) is 13.5. The molecule has 5 heteroatoms. The van der Waals surface area contributed by atoms with E-state index in [1.807, 2.05) is 37.3 Å². The first-order valence-electron chi connectivity index (χ1n) is 10.4. The lowest BCUT2D eigenvalue weighted by molar-refractivity contribution is -0.0663. The number of thiophene rings is 1. The van der Waals surface area contributed by atoms with E-state index in [2.05, 4.69) is 27.7 Å². The molecule has 2 heterocycles. The number of carbonyl (C=O) groups is 1. The fourth-order valence-corrected chi connectivity index (χ4v) is 5.69. The summed E-state index contributed by atoms with van der Waals surface area (Å²) in [6.07, 6.45) is 5.92. The molecule has 4 rings (SSSR count). The molecule has 2 aromatic rings. The average molecular weight is 399 g/mol. The molecule has 0 radical (unpaired) electrons. The van der Waals surface area contributed by atoms with Crippen LogP contribution in [0.15, 0.2) is 47.8 Å². The molecule has 3 atom stereocenters. The molecule has 1 saturated carbocycles. The summed E-state index contributed by atoms with van der Waals surface area (Å²) in [6.45, 7) is 3.79. The lowest BCUT2D eigenvalue weighted by Gasteiger charge is -2.49. The Morgan fingerprint density at radius 1 is 1.21 bits per heavy atom. The van der Waals surface area contributed by atoms with Gasteiger partial charge in [0.1, 0.15) is 0 Å². The largest absolute Gasteiger partial charge is 0.388 e. The van der Waals surface area contributed by atoms with Crippen LogP contribution in [0.3, 0.4) is 0 Å². The van der Waals surface area contributed by atoms with Crippen molar-refractivity contribution in [1.29, 1.82) is 0 Å². The van der Waals surface area contributed by atoms with Crippen molar-refractivity contribution in [3.05, 3.63) is 58.3 Å². The molecule has 1 saturated heterocycles. The monoisotopic (exact) mass is 398 g/mol. The lowest BCUT2D eigenvalue weighted by Crippen LogP contribution is -2.62. The second kappa shape index (κ2) is 8.36. The predicted molar refractivity (Wildman–Crippen MR) is 114 cm³/mol. The van der Waals surface area contributed by atoms with E-state index in [0.29, 0.717) is 12.0 Å². The van der Waals surface area contributed by atoms with Crippen LogP contribution in [0.25, 0.3) is 0 Å². The average Bonchev–Trinajstić information content (AvgIpc) is 3.39. The van der Waals surface area contributed by atoms with E-state index < -0.39 is 5.60 Å². The standard InChI is InChI=1S/C23H30N2O2S/c1-23(27)13-14-25(16-17-8-5-6-9-17)20(19-12-7-15-28-19)21(23)24-22(26)18-10-3-2-4-11-18/h2-4,7,10-12,15,17,20-21,27H,5-6,8-9,13-14,16H2,1H3,(H,24,26). The van der Waals surface area contributed by atoms with Crippen LogP contribution in [0.5, 0.6) is 0 Å². The van der Waals surface area contributed by atoms with Gasteiger partial charge in [-0.25, -0.2) is 0 Å². The fourth-order valence-electron chi connectivity index (χ4n) is 4.80. The third-order valence-corrected chi connectivity index (χ3v) is 7.35. The van der Waals surface area contributed by atoms with Crippen molar-refractivity contribution in [2.24, 2.45) is 5.92 Å². The van der Waals surface area contributed by atoms with Crippen molar-refractivity contribution in [1.82, 2.24) is 10.2 Å². The zero-order valence-electron chi connectivity index (χ0n) is 16.5. The van der Waals surface area contributed by atoms with Crippen molar-refractivity contribution >= 4 is 17.2 Å². The molecular formula is C23H30N2O2S. The van der Waals surface area contributed by atoms with Gasteiger partial charge in [0.25, 0.3) is 5.91 Å². The van der Waals surface area contributed by atoms with E-state index in [0.717, 1.165) is 19.0 Å². The Kier molecular flexibility index (Phi) is 5.85. The zero-order valence-corrected chi connectivity index (χ0v) is 17.3. The minimum atomic E-state index is -0.939. The highest BCUT2D eigenvalue weighted by Gasteiger charge is 2.47. The van der Waals surface area contributed by atoms with Crippen LogP contribution in [0.2, 0.25) is 0 Å². The van der Waals surface area contributed by atoms with E-state index in [9.17, 15) is 9.90 Å². The maximum absolute atomic E-state index is 12.9. The van der Waals surface area contributed by atoms with Gasteiger partial charge in [0.2, 0.25) is 0 Å². The van der Waals surface area contributed by atoms with Gasteiger partial charge < -0.3 is 10.4 Å². The highest BCUT2D eigenvalue weighted by atomic mass is 32.1. The van der Waals surface area contributed by atoms with Crippen molar-refractivity contribution in [3.63, 3.8) is 0 Å². The van der Waals surface area contributed by atoms with Gasteiger partial charge in [-0.3, -0.25) is 9.69 Å². The Labute approximate surface area is 171 Å². The van der Waals surface area contributed by atoms with E-state index in [1.54, 1.807) is 11.3 Å². The number of hydrogen-bond acceptors (Lipinski definition) is 4. The topological polar surface area (TPSA) is 52.6 Å². The molecule has 2 N–H and O–H groups in total. The Morgan fingerprint density at radius 2 is 1.96 bits per heavy atom. The third-order valence-electron chi connectivity index (χ3n) is 6.41. The first-order valence-corrected chi connectivity index (χ1v) is 11.3. The Balaban J connectivity index is 1.61. The number of nitrogens with zero attached hydrogens (tertiary/aromatic N) is 1. The second-order valence-electron chi connectivity index (χ2n) is 8.53. The number of piperidine rings is 1. The van der Waals surface area contributed by atoms with E-state index >= 15 is 0 Å². The molecule has 4 nitrogen and oxygen atoms in total. The van der Waals surface area contributed by atoms with Crippen molar-refractivity contribution in [2.45, 2.75) is 56.7 Å².